The number of rotatable bonds is 9. The molecule has 0 radical (unpaired) electrons. The molecule has 11 nitrogen and oxygen atoms in total. The average molecular weight is 480 g/mol. The van der Waals surface area contributed by atoms with Gasteiger partial charge < -0.3 is 19.6 Å². The third kappa shape index (κ3) is 5.53. The van der Waals surface area contributed by atoms with Crippen LogP contribution in [0.15, 0.2) is 61.9 Å². The monoisotopic (exact) mass is 479 g/mol. The summed E-state index contributed by atoms with van der Waals surface area (Å²) in [4.78, 5) is 13.0. The Morgan fingerprint density at radius 3 is 2.60 bits per heavy atom. The van der Waals surface area contributed by atoms with Crippen LogP contribution in [-0.2, 0) is 12.8 Å². The minimum absolute atomic E-state index is 0.0269. The normalized spacial score (nSPS) is 16.0. The van der Waals surface area contributed by atoms with E-state index in [1.165, 1.54) is 5.56 Å². The van der Waals surface area contributed by atoms with E-state index in [9.17, 15) is 4.79 Å². The summed E-state index contributed by atoms with van der Waals surface area (Å²) in [5, 5.41) is 8.32. The summed E-state index contributed by atoms with van der Waals surface area (Å²) in [6.07, 6.45) is 2.20. The van der Waals surface area contributed by atoms with Gasteiger partial charge in [-0.05, 0) is 43.2 Å². The van der Waals surface area contributed by atoms with Gasteiger partial charge in [0.1, 0.15) is 30.3 Å². The van der Waals surface area contributed by atoms with E-state index in [1.807, 2.05) is 18.2 Å². The van der Waals surface area contributed by atoms with Crippen LogP contribution in [0, 0.1) is 0 Å². The largest absolute Gasteiger partial charge is 0.487 e. The highest BCUT2D eigenvalue weighted by molar-refractivity contribution is 5.90. The summed E-state index contributed by atoms with van der Waals surface area (Å²) >= 11 is 0. The number of ether oxygens (including phenoxy) is 2. The fraction of sp³-hybridized carbons (Fsp3) is 0.292. The molecule has 11 heteroatoms. The van der Waals surface area contributed by atoms with Crippen LogP contribution in [0.2, 0.25) is 0 Å². The first-order valence-electron chi connectivity index (χ1n) is 11.2. The van der Waals surface area contributed by atoms with E-state index >= 15 is 0 Å². The Labute approximate surface area is 201 Å². The van der Waals surface area contributed by atoms with Crippen LogP contribution in [0.5, 0.6) is 11.5 Å². The zero-order chi connectivity index (χ0) is 24.8. The van der Waals surface area contributed by atoms with Crippen molar-refractivity contribution in [1.29, 1.82) is 0 Å². The molecule has 35 heavy (non-hydrogen) atoms. The molecule has 1 atom stereocenters. The smallest absolute Gasteiger partial charge is 0.339 e. The molecule has 184 valence electrons. The third-order valence-electron chi connectivity index (χ3n) is 5.91. The quantitative estimate of drug-likeness (QED) is 0.0998. The zero-order valence-corrected chi connectivity index (χ0v) is 19.4. The van der Waals surface area contributed by atoms with Gasteiger partial charge in [0.2, 0.25) is 0 Å². The van der Waals surface area contributed by atoms with E-state index in [2.05, 4.69) is 33.4 Å². The fourth-order valence-electron chi connectivity index (χ4n) is 4.33. The van der Waals surface area contributed by atoms with E-state index in [0.29, 0.717) is 41.2 Å². The molecular weight excluding hydrogens is 450 g/mol. The standard InChI is InChI=1S/C24H29N7O4/c1-14(28-30-26)12-33-17-10-20(34-13-22(25)29-31-27)23-18-8-7-16(15-5-3-2-4-6-15)9-19(18)24(32)35-21(23)11-17/h2-6,10-11,16,30-31H,7-9,12-13,26-27H2,1H3,(H2,25,29)/b28-14+. The lowest BCUT2D eigenvalue weighted by molar-refractivity contribution is 0.357. The first-order valence-corrected chi connectivity index (χ1v) is 11.2. The van der Waals surface area contributed by atoms with Gasteiger partial charge in [0.25, 0.3) is 0 Å². The molecule has 0 saturated heterocycles. The Morgan fingerprint density at radius 2 is 1.86 bits per heavy atom. The summed E-state index contributed by atoms with van der Waals surface area (Å²) in [5.74, 6) is 11.7. The summed E-state index contributed by atoms with van der Waals surface area (Å²) in [6, 6.07) is 13.6. The van der Waals surface area contributed by atoms with Crippen molar-refractivity contribution in [3.05, 3.63) is 69.6 Å². The predicted octanol–water partition coefficient (Wildman–Crippen LogP) is 1.40. The van der Waals surface area contributed by atoms with Crippen molar-refractivity contribution < 1.29 is 13.9 Å². The van der Waals surface area contributed by atoms with Crippen LogP contribution < -0.4 is 43.6 Å². The highest BCUT2D eigenvalue weighted by atomic mass is 16.5. The number of benzene rings is 2. The molecule has 1 heterocycles. The van der Waals surface area contributed by atoms with Gasteiger partial charge in [-0.15, -0.1) is 5.10 Å². The van der Waals surface area contributed by atoms with Gasteiger partial charge >= 0.3 is 5.63 Å². The Bertz CT molecular complexity index is 1300. The zero-order valence-electron chi connectivity index (χ0n) is 19.4. The number of hydrazine groups is 2. The molecule has 1 aliphatic carbocycles. The Kier molecular flexibility index (Phi) is 7.48. The third-order valence-corrected chi connectivity index (χ3v) is 5.91. The number of hydrazone groups is 2. The second-order valence-electron chi connectivity index (χ2n) is 8.28. The number of nitrogens with zero attached hydrogens (tertiary/aromatic N) is 2. The Morgan fingerprint density at radius 1 is 1.09 bits per heavy atom. The molecular formula is C24H29N7O4. The maximum absolute atomic E-state index is 13.0. The molecule has 3 aromatic rings. The van der Waals surface area contributed by atoms with Crippen LogP contribution in [0.1, 0.15) is 36.0 Å². The summed E-state index contributed by atoms with van der Waals surface area (Å²) in [5.41, 5.74) is 13.6. The number of hydrogen-bond acceptors (Lipinski definition) is 10. The van der Waals surface area contributed by atoms with Crippen LogP contribution >= 0.6 is 0 Å². The van der Waals surface area contributed by atoms with Crippen molar-refractivity contribution in [1.82, 2.24) is 11.1 Å². The van der Waals surface area contributed by atoms with Crippen LogP contribution in [0.4, 0.5) is 0 Å². The maximum atomic E-state index is 13.0. The first kappa shape index (κ1) is 24.0. The van der Waals surface area contributed by atoms with Crippen molar-refractivity contribution in [2.45, 2.75) is 32.1 Å². The summed E-state index contributed by atoms with van der Waals surface area (Å²) in [6.45, 7) is 1.90. The highest BCUT2D eigenvalue weighted by Gasteiger charge is 2.27. The lowest BCUT2D eigenvalue weighted by Crippen LogP contribution is -2.27. The number of fused-ring (bicyclic) bond motifs is 3. The number of aryl methyl sites for hydroxylation is 1. The van der Waals surface area contributed by atoms with Gasteiger partial charge in [-0.3, -0.25) is 0 Å². The molecule has 1 unspecified atom stereocenters. The molecule has 0 spiro atoms. The SMILES string of the molecule is C/C(COc1cc(OC/C(N)=N/NN)c2c3c(c(=O)oc2c1)CC(c1ccccc1)CC3)=N\NN. The van der Waals surface area contributed by atoms with Crippen LogP contribution in [0.3, 0.4) is 0 Å². The molecule has 0 aliphatic heterocycles. The second kappa shape index (κ2) is 10.9. The van der Waals surface area contributed by atoms with Gasteiger partial charge in [-0.2, -0.15) is 5.10 Å². The van der Waals surface area contributed by atoms with Crippen molar-refractivity contribution >= 4 is 22.5 Å². The van der Waals surface area contributed by atoms with E-state index < -0.39 is 0 Å². The van der Waals surface area contributed by atoms with E-state index in [1.54, 1.807) is 19.1 Å². The molecule has 1 aromatic heterocycles. The minimum atomic E-state index is -0.352. The van der Waals surface area contributed by atoms with E-state index in [4.69, 9.17) is 31.3 Å². The lowest BCUT2D eigenvalue weighted by atomic mass is 9.80. The number of hydrogen-bond donors (Lipinski definition) is 5. The molecule has 2 aromatic carbocycles. The van der Waals surface area contributed by atoms with Gasteiger partial charge in [-0.25, -0.2) is 27.5 Å². The van der Waals surface area contributed by atoms with Gasteiger partial charge in [0.15, 0.2) is 5.84 Å². The number of amidine groups is 1. The van der Waals surface area contributed by atoms with Gasteiger partial charge in [-0.1, -0.05) is 30.3 Å². The fourth-order valence-corrected chi connectivity index (χ4v) is 4.33. The van der Waals surface area contributed by atoms with Crippen molar-refractivity contribution in [2.24, 2.45) is 27.6 Å². The average Bonchev–Trinajstić information content (AvgIpc) is 2.86. The van der Waals surface area contributed by atoms with Crippen molar-refractivity contribution in [3.63, 3.8) is 0 Å². The topological polar surface area (TPSA) is 176 Å². The van der Waals surface area contributed by atoms with Crippen LogP contribution in [-0.4, -0.2) is 24.8 Å². The molecule has 8 N–H and O–H groups in total. The minimum Gasteiger partial charge on any atom is -0.487 e. The van der Waals surface area contributed by atoms with E-state index in [-0.39, 0.29) is 30.6 Å². The number of nitrogens with one attached hydrogen (secondary N) is 2. The maximum Gasteiger partial charge on any atom is 0.339 e. The van der Waals surface area contributed by atoms with Crippen molar-refractivity contribution in [2.75, 3.05) is 13.2 Å². The Balaban J connectivity index is 1.75. The van der Waals surface area contributed by atoms with E-state index in [0.717, 1.165) is 17.4 Å². The molecule has 0 saturated carbocycles. The first-order chi connectivity index (χ1) is 17.0. The molecule has 0 bridgehead atoms. The molecule has 1 aliphatic rings. The van der Waals surface area contributed by atoms with Gasteiger partial charge in [0, 0.05) is 17.7 Å². The summed E-state index contributed by atoms with van der Waals surface area (Å²) in [7, 11) is 0. The van der Waals surface area contributed by atoms with Crippen LogP contribution in [0.25, 0.3) is 11.0 Å². The predicted molar refractivity (Wildman–Crippen MR) is 134 cm³/mol. The lowest BCUT2D eigenvalue weighted by Gasteiger charge is -2.25. The molecule has 0 amide bonds. The van der Waals surface area contributed by atoms with Gasteiger partial charge in [0.05, 0.1) is 11.1 Å². The number of nitrogens with two attached hydrogens (primary N) is 3. The van der Waals surface area contributed by atoms with Crippen molar-refractivity contribution in [3.8, 4) is 11.5 Å². The summed E-state index contributed by atoms with van der Waals surface area (Å²) < 4.78 is 17.6. The Hall–Kier alpha value is -4.09. The molecule has 4 rings (SSSR count). The molecule has 0 fully saturated rings. The second-order valence-corrected chi connectivity index (χ2v) is 8.28. The highest BCUT2D eigenvalue weighted by Crippen LogP contribution is 2.39.